The van der Waals surface area contributed by atoms with Crippen molar-refractivity contribution in [2.24, 2.45) is 0 Å². The summed E-state index contributed by atoms with van der Waals surface area (Å²) in [6.07, 6.45) is 2.33. The van der Waals surface area contributed by atoms with Crippen LogP contribution in [0.15, 0.2) is 59.8 Å². The van der Waals surface area contributed by atoms with E-state index >= 15 is 0 Å². The molecular formula is C23H23FN4O3S2. The van der Waals surface area contributed by atoms with E-state index in [1.54, 1.807) is 23.1 Å². The topological polar surface area (TPSA) is 85.2 Å². The number of amides is 1. The number of aromatic nitrogens is 3. The van der Waals surface area contributed by atoms with Crippen molar-refractivity contribution in [1.29, 1.82) is 0 Å². The second kappa shape index (κ2) is 8.90. The van der Waals surface area contributed by atoms with Crippen LogP contribution in [0.25, 0.3) is 11.4 Å². The number of thioether (sulfide) groups is 1. The molecular weight excluding hydrogens is 463 g/mol. The Hall–Kier alpha value is -2.72. The second-order valence-corrected chi connectivity index (χ2v) is 11.5. The van der Waals surface area contributed by atoms with Crippen LogP contribution in [0.3, 0.4) is 0 Å². The van der Waals surface area contributed by atoms with Gasteiger partial charge >= 0.3 is 0 Å². The molecule has 10 heteroatoms. The maximum Gasteiger partial charge on any atom is 0.237 e. The van der Waals surface area contributed by atoms with Crippen molar-refractivity contribution in [1.82, 2.24) is 14.8 Å². The van der Waals surface area contributed by atoms with Gasteiger partial charge in [0, 0.05) is 11.7 Å². The molecule has 7 nitrogen and oxygen atoms in total. The third kappa shape index (κ3) is 4.67. The summed E-state index contributed by atoms with van der Waals surface area (Å²) in [5.74, 6) is 0.0425. The van der Waals surface area contributed by atoms with E-state index in [1.807, 2.05) is 34.9 Å². The average Bonchev–Trinajstić information content (AvgIpc) is 3.46. The Morgan fingerprint density at radius 2 is 1.79 bits per heavy atom. The molecule has 0 radical (unpaired) electrons. The van der Waals surface area contributed by atoms with Gasteiger partial charge in [0.15, 0.2) is 20.8 Å². The molecule has 2 aliphatic rings. The predicted molar refractivity (Wildman–Crippen MR) is 125 cm³/mol. The van der Waals surface area contributed by atoms with Gasteiger partial charge in [0.1, 0.15) is 5.82 Å². The molecule has 1 saturated heterocycles. The number of hydrogen-bond acceptors (Lipinski definition) is 6. The highest BCUT2D eigenvalue weighted by Gasteiger charge is 2.36. The van der Waals surface area contributed by atoms with Crippen LogP contribution in [0.4, 0.5) is 10.1 Å². The maximum atomic E-state index is 14.4. The van der Waals surface area contributed by atoms with Gasteiger partial charge in [-0.2, -0.15) is 0 Å². The summed E-state index contributed by atoms with van der Waals surface area (Å²) in [5.41, 5.74) is 1.07. The van der Waals surface area contributed by atoms with Crippen molar-refractivity contribution in [2.75, 3.05) is 22.2 Å². The van der Waals surface area contributed by atoms with Crippen LogP contribution in [0.5, 0.6) is 0 Å². The number of benzene rings is 2. The van der Waals surface area contributed by atoms with Gasteiger partial charge in [-0.15, -0.1) is 10.2 Å². The number of nitrogens with zero attached hydrogens (tertiary/aromatic N) is 4. The zero-order valence-corrected chi connectivity index (χ0v) is 19.4. The number of hydrogen-bond donors (Lipinski definition) is 0. The molecule has 0 N–H and O–H groups in total. The smallest absolute Gasteiger partial charge is 0.237 e. The van der Waals surface area contributed by atoms with Crippen LogP contribution in [0, 0.1) is 5.82 Å². The minimum Gasteiger partial charge on any atom is -0.308 e. The monoisotopic (exact) mass is 486 g/mol. The highest BCUT2D eigenvalue weighted by Crippen LogP contribution is 2.41. The molecule has 5 rings (SSSR count). The summed E-state index contributed by atoms with van der Waals surface area (Å²) in [6.45, 7) is 0. The summed E-state index contributed by atoms with van der Waals surface area (Å²) in [6, 6.07) is 15.4. The van der Waals surface area contributed by atoms with Gasteiger partial charge < -0.3 is 4.90 Å². The number of carbonyl (C=O) groups is 1. The standard InChI is InChI=1S/C23H23FN4O3S2/c24-20-9-5-4-8-19(20)22-25-26-23(28(22)17-10-11-17)32-14-21(29)27(16-6-2-1-3-7-16)18-12-13-33(30,31)15-18/h1-9,17-18H,10-15H2/t18-/m0/s1. The number of halogens is 1. The first kappa shape index (κ1) is 22.1. The summed E-state index contributed by atoms with van der Waals surface area (Å²) < 4.78 is 40.5. The van der Waals surface area contributed by atoms with Crippen LogP contribution < -0.4 is 4.90 Å². The Kier molecular flexibility index (Phi) is 5.96. The van der Waals surface area contributed by atoms with Gasteiger partial charge in [-0.05, 0) is 43.5 Å². The SMILES string of the molecule is O=C(CSc1nnc(-c2ccccc2F)n1C1CC1)N(c1ccccc1)[C@H]1CCS(=O)(=O)C1. The van der Waals surface area contributed by atoms with Gasteiger partial charge in [0.05, 0.1) is 28.9 Å². The van der Waals surface area contributed by atoms with Crippen molar-refractivity contribution < 1.29 is 17.6 Å². The number of sulfone groups is 1. The fourth-order valence-electron chi connectivity index (χ4n) is 4.19. The van der Waals surface area contributed by atoms with Gasteiger partial charge in [-0.1, -0.05) is 42.1 Å². The maximum absolute atomic E-state index is 14.4. The summed E-state index contributed by atoms with van der Waals surface area (Å²) in [5, 5.41) is 9.06. The lowest BCUT2D eigenvalue weighted by Crippen LogP contribution is -2.42. The van der Waals surface area contributed by atoms with E-state index in [9.17, 15) is 17.6 Å². The van der Waals surface area contributed by atoms with Gasteiger partial charge in [0.2, 0.25) is 5.91 Å². The third-order valence-electron chi connectivity index (χ3n) is 5.89. The molecule has 1 saturated carbocycles. The highest BCUT2D eigenvalue weighted by molar-refractivity contribution is 7.99. The molecule has 1 aliphatic carbocycles. The molecule has 0 unspecified atom stereocenters. The van der Waals surface area contributed by atoms with Gasteiger partial charge in [0.25, 0.3) is 0 Å². The Morgan fingerprint density at radius 1 is 1.06 bits per heavy atom. The molecule has 1 atom stereocenters. The van der Waals surface area contributed by atoms with Crippen LogP contribution >= 0.6 is 11.8 Å². The molecule has 2 aromatic carbocycles. The molecule has 3 aromatic rings. The van der Waals surface area contributed by atoms with E-state index < -0.39 is 9.84 Å². The Labute approximate surface area is 195 Å². The van der Waals surface area contributed by atoms with E-state index in [4.69, 9.17) is 0 Å². The molecule has 172 valence electrons. The van der Waals surface area contributed by atoms with Crippen molar-refractivity contribution in [2.45, 2.75) is 36.5 Å². The fraction of sp³-hybridized carbons (Fsp3) is 0.348. The third-order valence-corrected chi connectivity index (χ3v) is 8.57. The van der Waals surface area contributed by atoms with Crippen LogP contribution in [0.1, 0.15) is 25.3 Å². The van der Waals surface area contributed by atoms with E-state index in [0.717, 1.165) is 12.8 Å². The summed E-state index contributed by atoms with van der Waals surface area (Å²) >= 11 is 1.25. The van der Waals surface area contributed by atoms with E-state index in [2.05, 4.69) is 10.2 Å². The summed E-state index contributed by atoms with van der Waals surface area (Å²) in [7, 11) is -3.15. The normalized spacial score (nSPS) is 19.5. The molecule has 1 aromatic heterocycles. The summed E-state index contributed by atoms with van der Waals surface area (Å²) in [4.78, 5) is 14.9. The highest BCUT2D eigenvalue weighted by atomic mass is 32.2. The average molecular weight is 487 g/mol. The second-order valence-electron chi connectivity index (χ2n) is 8.33. The number of para-hydroxylation sites is 1. The Balaban J connectivity index is 1.39. The quantitative estimate of drug-likeness (QED) is 0.473. The molecule has 33 heavy (non-hydrogen) atoms. The van der Waals surface area contributed by atoms with E-state index in [0.29, 0.717) is 28.7 Å². The Bertz CT molecular complexity index is 1280. The molecule has 1 amide bonds. The van der Waals surface area contributed by atoms with Crippen LogP contribution in [-0.4, -0.2) is 52.4 Å². The van der Waals surface area contributed by atoms with Crippen molar-refractivity contribution >= 4 is 33.2 Å². The first-order valence-electron chi connectivity index (χ1n) is 10.8. The minimum absolute atomic E-state index is 0.0337. The van der Waals surface area contributed by atoms with Crippen molar-refractivity contribution in [3.63, 3.8) is 0 Å². The number of carbonyl (C=O) groups excluding carboxylic acids is 1. The molecule has 2 fully saturated rings. The van der Waals surface area contributed by atoms with Crippen LogP contribution in [-0.2, 0) is 14.6 Å². The molecule has 2 heterocycles. The largest absolute Gasteiger partial charge is 0.308 e. The first-order valence-corrected chi connectivity index (χ1v) is 13.6. The minimum atomic E-state index is -3.15. The zero-order valence-electron chi connectivity index (χ0n) is 17.8. The van der Waals surface area contributed by atoms with Crippen LogP contribution in [0.2, 0.25) is 0 Å². The van der Waals surface area contributed by atoms with E-state index in [1.165, 1.54) is 17.8 Å². The fourth-order valence-corrected chi connectivity index (χ4v) is 6.75. The lowest BCUT2D eigenvalue weighted by molar-refractivity contribution is -0.116. The molecule has 0 bridgehead atoms. The first-order chi connectivity index (χ1) is 15.9. The Morgan fingerprint density at radius 3 is 2.45 bits per heavy atom. The number of anilines is 1. The zero-order chi connectivity index (χ0) is 23.0. The van der Waals surface area contributed by atoms with Gasteiger partial charge in [-0.25, -0.2) is 12.8 Å². The van der Waals surface area contributed by atoms with Crippen molar-refractivity contribution in [3.8, 4) is 11.4 Å². The lowest BCUT2D eigenvalue weighted by atomic mass is 10.2. The molecule has 1 aliphatic heterocycles. The van der Waals surface area contributed by atoms with E-state index in [-0.39, 0.29) is 41.1 Å². The predicted octanol–water partition coefficient (Wildman–Crippen LogP) is 3.73. The number of rotatable bonds is 7. The molecule has 0 spiro atoms. The van der Waals surface area contributed by atoms with Gasteiger partial charge in [-0.3, -0.25) is 9.36 Å². The van der Waals surface area contributed by atoms with Crippen molar-refractivity contribution in [3.05, 3.63) is 60.4 Å². The lowest BCUT2D eigenvalue weighted by Gasteiger charge is -2.28.